The second kappa shape index (κ2) is 9.45. The van der Waals surface area contributed by atoms with Gasteiger partial charge in [-0.25, -0.2) is 0 Å². The molecule has 0 bridgehead atoms. The first-order chi connectivity index (χ1) is 9.11. The highest BCUT2D eigenvalue weighted by Crippen LogP contribution is 2.16. The van der Waals surface area contributed by atoms with E-state index in [-0.39, 0.29) is 0 Å². The van der Waals surface area contributed by atoms with Gasteiger partial charge in [0.1, 0.15) is 6.23 Å². The van der Waals surface area contributed by atoms with Gasteiger partial charge in [0.25, 0.3) is 0 Å². The van der Waals surface area contributed by atoms with E-state index in [9.17, 15) is 0 Å². The summed E-state index contributed by atoms with van der Waals surface area (Å²) in [6, 6.07) is 0. The lowest BCUT2D eigenvalue weighted by atomic mass is 10.2. The van der Waals surface area contributed by atoms with Gasteiger partial charge >= 0.3 is 0 Å². The fourth-order valence-corrected chi connectivity index (χ4v) is 2.30. The third kappa shape index (κ3) is 7.04. The number of hydrogen-bond donors (Lipinski definition) is 1. The fourth-order valence-electron chi connectivity index (χ4n) is 2.30. The van der Waals surface area contributed by atoms with E-state index < -0.39 is 0 Å². The second-order valence-corrected chi connectivity index (χ2v) is 5.94. The van der Waals surface area contributed by atoms with E-state index in [2.05, 4.69) is 42.9 Å². The van der Waals surface area contributed by atoms with Crippen LogP contribution < -0.4 is 5.32 Å². The average molecular weight is 269 g/mol. The summed E-state index contributed by atoms with van der Waals surface area (Å²) in [5.74, 6) is 1.14. The number of aliphatic imine (C=N–C) groups is 1. The monoisotopic (exact) mass is 269 g/mol. The molecule has 0 aliphatic carbocycles. The molecule has 0 saturated carbocycles. The van der Waals surface area contributed by atoms with Crippen molar-refractivity contribution in [1.29, 1.82) is 0 Å². The van der Waals surface area contributed by atoms with Crippen molar-refractivity contribution >= 4 is 6.21 Å². The van der Waals surface area contributed by atoms with Gasteiger partial charge in [-0.2, -0.15) is 0 Å². The molecule has 4 heteroatoms. The zero-order chi connectivity index (χ0) is 14.1. The maximum absolute atomic E-state index is 5.74. The Kier molecular flexibility index (Phi) is 8.26. The van der Waals surface area contributed by atoms with Crippen LogP contribution in [0.15, 0.2) is 4.99 Å². The fraction of sp³-hybridized carbons (Fsp3) is 0.933. The maximum atomic E-state index is 5.74. The molecule has 1 saturated heterocycles. The first kappa shape index (κ1) is 16.6. The first-order valence-electron chi connectivity index (χ1n) is 7.67. The van der Waals surface area contributed by atoms with Gasteiger partial charge in [0.2, 0.25) is 0 Å². The maximum Gasteiger partial charge on any atom is 0.113 e. The number of rotatable bonds is 9. The van der Waals surface area contributed by atoms with Crippen molar-refractivity contribution < 1.29 is 4.74 Å². The highest BCUT2D eigenvalue weighted by molar-refractivity contribution is 5.59. The van der Waals surface area contributed by atoms with Gasteiger partial charge < -0.3 is 10.1 Å². The smallest absolute Gasteiger partial charge is 0.113 e. The molecule has 1 heterocycles. The van der Waals surface area contributed by atoms with Crippen LogP contribution in [0.1, 0.15) is 34.1 Å². The van der Waals surface area contributed by atoms with E-state index in [1.165, 1.54) is 0 Å². The molecule has 0 radical (unpaired) electrons. The molecule has 1 aliphatic rings. The molecule has 1 unspecified atom stereocenters. The van der Waals surface area contributed by atoms with E-state index in [4.69, 9.17) is 4.74 Å². The van der Waals surface area contributed by atoms with Gasteiger partial charge in [-0.1, -0.05) is 27.7 Å². The third-order valence-electron chi connectivity index (χ3n) is 3.22. The molecule has 0 aromatic carbocycles. The van der Waals surface area contributed by atoms with Crippen LogP contribution in [-0.4, -0.2) is 56.7 Å². The van der Waals surface area contributed by atoms with Crippen LogP contribution in [-0.2, 0) is 4.74 Å². The topological polar surface area (TPSA) is 36.9 Å². The second-order valence-electron chi connectivity index (χ2n) is 5.94. The Balaban J connectivity index is 1.99. The molecule has 1 rings (SSSR count). The van der Waals surface area contributed by atoms with Crippen molar-refractivity contribution in [3.8, 4) is 0 Å². The Morgan fingerprint density at radius 3 is 2.79 bits per heavy atom. The van der Waals surface area contributed by atoms with Crippen molar-refractivity contribution in [2.45, 2.75) is 40.3 Å². The van der Waals surface area contributed by atoms with Crippen molar-refractivity contribution in [2.24, 2.45) is 16.8 Å². The van der Waals surface area contributed by atoms with E-state index >= 15 is 0 Å². The molecular formula is C15H31N3O. The van der Waals surface area contributed by atoms with Crippen molar-refractivity contribution in [2.75, 3.05) is 39.3 Å². The van der Waals surface area contributed by atoms with Gasteiger partial charge in [0.15, 0.2) is 0 Å². The normalized spacial score (nSPS) is 21.3. The Hall–Kier alpha value is -0.450. The summed E-state index contributed by atoms with van der Waals surface area (Å²) in [4.78, 5) is 6.82. The van der Waals surface area contributed by atoms with E-state index in [0.29, 0.717) is 18.1 Å². The minimum absolute atomic E-state index is 0.317. The Morgan fingerprint density at radius 2 is 2.11 bits per heavy atom. The molecule has 1 N–H and O–H groups in total. The van der Waals surface area contributed by atoms with Crippen LogP contribution in [0, 0.1) is 11.8 Å². The molecule has 1 atom stereocenters. The summed E-state index contributed by atoms with van der Waals surface area (Å²) in [5, 5.41) is 3.49. The SMILES string of the molecule is CC(C)C=NCCCNCCN1CCOC1C(C)C. The zero-order valence-corrected chi connectivity index (χ0v) is 13.1. The Morgan fingerprint density at radius 1 is 1.32 bits per heavy atom. The molecule has 0 aromatic heterocycles. The minimum atomic E-state index is 0.317. The lowest BCUT2D eigenvalue weighted by molar-refractivity contribution is -0.00111. The van der Waals surface area contributed by atoms with Crippen LogP contribution in [0.5, 0.6) is 0 Å². The lowest BCUT2D eigenvalue weighted by Crippen LogP contribution is -2.39. The Bertz CT molecular complexity index is 254. The number of nitrogens with one attached hydrogen (secondary N) is 1. The molecule has 1 fully saturated rings. The average Bonchev–Trinajstić information content (AvgIpc) is 2.80. The largest absolute Gasteiger partial charge is 0.362 e. The minimum Gasteiger partial charge on any atom is -0.362 e. The summed E-state index contributed by atoms with van der Waals surface area (Å²) in [6.07, 6.45) is 3.47. The van der Waals surface area contributed by atoms with Crippen molar-refractivity contribution in [1.82, 2.24) is 10.2 Å². The predicted molar refractivity (Wildman–Crippen MR) is 81.8 cm³/mol. The summed E-state index contributed by atoms with van der Waals surface area (Å²) in [6.45, 7) is 14.8. The van der Waals surface area contributed by atoms with Gasteiger partial charge in [0, 0.05) is 32.4 Å². The highest BCUT2D eigenvalue weighted by Gasteiger charge is 2.26. The van der Waals surface area contributed by atoms with Crippen molar-refractivity contribution in [3.05, 3.63) is 0 Å². The molecule has 4 nitrogen and oxygen atoms in total. The molecular weight excluding hydrogens is 238 g/mol. The molecule has 19 heavy (non-hydrogen) atoms. The molecule has 0 amide bonds. The molecule has 112 valence electrons. The quantitative estimate of drug-likeness (QED) is 0.514. The van der Waals surface area contributed by atoms with Crippen LogP contribution in [0.2, 0.25) is 0 Å². The molecule has 1 aliphatic heterocycles. The van der Waals surface area contributed by atoms with Crippen LogP contribution in [0.25, 0.3) is 0 Å². The summed E-state index contributed by atoms with van der Waals surface area (Å²) in [7, 11) is 0. The molecule has 0 spiro atoms. The van der Waals surface area contributed by atoms with Crippen LogP contribution in [0.4, 0.5) is 0 Å². The predicted octanol–water partition coefficient (Wildman–Crippen LogP) is 2.01. The first-order valence-corrected chi connectivity index (χ1v) is 7.67. The van der Waals surface area contributed by atoms with Crippen molar-refractivity contribution in [3.63, 3.8) is 0 Å². The van der Waals surface area contributed by atoms with Crippen LogP contribution in [0.3, 0.4) is 0 Å². The zero-order valence-electron chi connectivity index (χ0n) is 13.1. The highest BCUT2D eigenvalue weighted by atomic mass is 16.5. The molecule has 0 aromatic rings. The third-order valence-corrected chi connectivity index (χ3v) is 3.22. The number of hydrogen-bond acceptors (Lipinski definition) is 4. The number of nitrogens with zero attached hydrogens (tertiary/aromatic N) is 2. The number of ether oxygens (including phenoxy) is 1. The van der Waals surface area contributed by atoms with E-state index in [0.717, 1.165) is 45.8 Å². The lowest BCUT2D eigenvalue weighted by Gasteiger charge is -2.25. The summed E-state index contributed by atoms with van der Waals surface area (Å²) >= 11 is 0. The summed E-state index contributed by atoms with van der Waals surface area (Å²) < 4.78 is 5.74. The van der Waals surface area contributed by atoms with Gasteiger partial charge in [0.05, 0.1) is 6.61 Å². The Labute approximate surface area is 118 Å². The standard InChI is InChI=1S/C15H31N3O/c1-13(2)12-17-7-5-6-16-8-9-18-10-11-19-15(18)14(3)4/h12-16H,5-11H2,1-4H3. The van der Waals surface area contributed by atoms with E-state index in [1.54, 1.807) is 0 Å². The van der Waals surface area contributed by atoms with Gasteiger partial charge in [-0.05, 0) is 24.8 Å². The van der Waals surface area contributed by atoms with Gasteiger partial charge in [-0.3, -0.25) is 9.89 Å². The summed E-state index contributed by atoms with van der Waals surface area (Å²) in [5.41, 5.74) is 0. The van der Waals surface area contributed by atoms with Crippen LogP contribution >= 0.6 is 0 Å². The van der Waals surface area contributed by atoms with E-state index in [1.807, 2.05) is 6.21 Å². The van der Waals surface area contributed by atoms with Gasteiger partial charge in [-0.15, -0.1) is 0 Å².